The van der Waals surface area contributed by atoms with Crippen molar-refractivity contribution < 1.29 is 19.4 Å². The van der Waals surface area contributed by atoms with E-state index in [0.717, 1.165) is 12.8 Å². The van der Waals surface area contributed by atoms with E-state index in [2.05, 4.69) is 10.6 Å². The number of rotatable bonds is 6. The highest BCUT2D eigenvalue weighted by molar-refractivity contribution is 5.86. The first-order valence-corrected chi connectivity index (χ1v) is 5.29. The van der Waals surface area contributed by atoms with Crippen molar-refractivity contribution in [2.45, 2.75) is 25.3 Å². The summed E-state index contributed by atoms with van der Waals surface area (Å²) in [6.45, 7) is 2.31. The molecular formula is C10H18N2O4. The summed E-state index contributed by atoms with van der Waals surface area (Å²) in [7, 11) is 1.53. The van der Waals surface area contributed by atoms with Gasteiger partial charge in [0.1, 0.15) is 5.54 Å². The summed E-state index contributed by atoms with van der Waals surface area (Å²) >= 11 is 0. The number of carboxylic acid groups (broad SMARTS) is 1. The molecule has 0 saturated heterocycles. The fourth-order valence-corrected chi connectivity index (χ4v) is 1.54. The zero-order chi connectivity index (χ0) is 12.2. The highest BCUT2D eigenvalue weighted by Crippen LogP contribution is 2.39. The third-order valence-electron chi connectivity index (χ3n) is 2.80. The summed E-state index contributed by atoms with van der Waals surface area (Å²) in [6.07, 6.45) is 1.70. The lowest BCUT2D eigenvalue weighted by Gasteiger charge is -2.26. The number of nitrogens with one attached hydrogen (secondary N) is 2. The highest BCUT2D eigenvalue weighted by Gasteiger charge is 2.48. The number of ether oxygens (including phenoxy) is 1. The minimum absolute atomic E-state index is 0.0400. The number of carbonyl (C=O) groups is 2. The van der Waals surface area contributed by atoms with Crippen LogP contribution in [0, 0.1) is 5.92 Å². The summed E-state index contributed by atoms with van der Waals surface area (Å²) in [5, 5.41) is 14.1. The van der Waals surface area contributed by atoms with Crippen molar-refractivity contribution in [2.24, 2.45) is 5.92 Å². The Hall–Kier alpha value is -1.30. The van der Waals surface area contributed by atoms with E-state index in [1.54, 1.807) is 6.92 Å². The molecule has 0 bridgehead atoms. The monoisotopic (exact) mass is 230 g/mol. The van der Waals surface area contributed by atoms with Crippen LogP contribution >= 0.6 is 0 Å². The molecule has 0 heterocycles. The Kier molecular flexibility index (Phi) is 4.12. The molecule has 1 aliphatic carbocycles. The highest BCUT2D eigenvalue weighted by atomic mass is 16.5. The van der Waals surface area contributed by atoms with Gasteiger partial charge in [0.05, 0.1) is 6.61 Å². The number of hydrogen-bond donors (Lipinski definition) is 3. The van der Waals surface area contributed by atoms with Crippen molar-refractivity contribution in [1.82, 2.24) is 10.6 Å². The Morgan fingerprint density at radius 2 is 2.12 bits per heavy atom. The van der Waals surface area contributed by atoms with Gasteiger partial charge in [-0.05, 0) is 25.7 Å². The zero-order valence-electron chi connectivity index (χ0n) is 9.58. The maximum Gasteiger partial charge on any atom is 0.329 e. The molecule has 0 aliphatic heterocycles. The molecule has 16 heavy (non-hydrogen) atoms. The molecule has 6 heteroatoms. The summed E-state index contributed by atoms with van der Waals surface area (Å²) in [5.41, 5.74) is -1.16. The third kappa shape index (κ3) is 3.10. The molecule has 0 spiro atoms. The van der Waals surface area contributed by atoms with Gasteiger partial charge in [-0.25, -0.2) is 9.59 Å². The molecule has 92 valence electrons. The lowest BCUT2D eigenvalue weighted by atomic mass is 9.96. The maximum absolute atomic E-state index is 11.4. The fraction of sp³-hybridized carbons (Fsp3) is 0.800. The molecule has 6 nitrogen and oxygen atoms in total. The summed E-state index contributed by atoms with van der Waals surface area (Å²) in [4.78, 5) is 22.5. The van der Waals surface area contributed by atoms with Gasteiger partial charge in [-0.15, -0.1) is 0 Å². The number of carboxylic acids is 1. The van der Waals surface area contributed by atoms with E-state index in [4.69, 9.17) is 9.84 Å². The Morgan fingerprint density at radius 3 is 2.56 bits per heavy atom. The average Bonchev–Trinajstić information content (AvgIpc) is 3.00. The van der Waals surface area contributed by atoms with Crippen LogP contribution in [0.2, 0.25) is 0 Å². The molecule has 1 saturated carbocycles. The largest absolute Gasteiger partial charge is 0.480 e. The van der Waals surface area contributed by atoms with E-state index in [9.17, 15) is 9.59 Å². The molecule has 1 unspecified atom stereocenters. The first kappa shape index (κ1) is 12.8. The predicted molar refractivity (Wildman–Crippen MR) is 57.2 cm³/mol. The van der Waals surface area contributed by atoms with Crippen molar-refractivity contribution >= 4 is 12.0 Å². The Bertz CT molecular complexity index is 278. The van der Waals surface area contributed by atoms with Gasteiger partial charge in [0, 0.05) is 13.7 Å². The zero-order valence-corrected chi connectivity index (χ0v) is 9.58. The van der Waals surface area contributed by atoms with Crippen LogP contribution in [0.4, 0.5) is 4.79 Å². The van der Waals surface area contributed by atoms with Gasteiger partial charge < -0.3 is 20.5 Å². The molecule has 3 N–H and O–H groups in total. The molecule has 1 fully saturated rings. The minimum Gasteiger partial charge on any atom is -0.480 e. The van der Waals surface area contributed by atoms with Crippen molar-refractivity contribution in [2.75, 3.05) is 20.3 Å². The van der Waals surface area contributed by atoms with Gasteiger partial charge in [-0.2, -0.15) is 0 Å². The second-order valence-electron chi connectivity index (χ2n) is 4.16. The van der Waals surface area contributed by atoms with Crippen LogP contribution in [0.3, 0.4) is 0 Å². The number of urea groups is 1. The van der Waals surface area contributed by atoms with Crippen LogP contribution in [0.15, 0.2) is 0 Å². The Labute approximate surface area is 94.3 Å². The second-order valence-corrected chi connectivity index (χ2v) is 4.16. The van der Waals surface area contributed by atoms with Gasteiger partial charge in [0.15, 0.2) is 0 Å². The Morgan fingerprint density at radius 1 is 1.50 bits per heavy atom. The van der Waals surface area contributed by atoms with Crippen molar-refractivity contribution in [1.29, 1.82) is 0 Å². The van der Waals surface area contributed by atoms with E-state index in [1.165, 1.54) is 7.11 Å². The fourth-order valence-electron chi connectivity index (χ4n) is 1.54. The third-order valence-corrected chi connectivity index (χ3v) is 2.80. The SMILES string of the molecule is COCCNC(=O)NC(C)(C(=O)O)C1CC1. The van der Waals surface area contributed by atoms with Crippen molar-refractivity contribution in [3.63, 3.8) is 0 Å². The normalized spacial score (nSPS) is 18.6. The molecule has 1 atom stereocenters. The molecule has 0 radical (unpaired) electrons. The average molecular weight is 230 g/mol. The minimum atomic E-state index is -1.16. The topological polar surface area (TPSA) is 87.7 Å². The van der Waals surface area contributed by atoms with E-state index >= 15 is 0 Å². The molecule has 2 amide bonds. The first-order chi connectivity index (χ1) is 7.50. The molecular weight excluding hydrogens is 212 g/mol. The first-order valence-electron chi connectivity index (χ1n) is 5.29. The number of methoxy groups -OCH3 is 1. The molecule has 0 aromatic carbocycles. The summed E-state index contributed by atoms with van der Waals surface area (Å²) in [6, 6.07) is -0.464. The van der Waals surface area contributed by atoms with Crippen LogP contribution in [0.25, 0.3) is 0 Å². The van der Waals surface area contributed by atoms with Gasteiger partial charge in [-0.3, -0.25) is 0 Å². The molecule has 0 aromatic rings. The van der Waals surface area contributed by atoms with Crippen LogP contribution in [0.1, 0.15) is 19.8 Å². The van der Waals surface area contributed by atoms with Gasteiger partial charge >= 0.3 is 12.0 Å². The van der Waals surface area contributed by atoms with E-state index < -0.39 is 17.5 Å². The number of hydrogen-bond acceptors (Lipinski definition) is 3. The molecule has 1 aliphatic rings. The van der Waals surface area contributed by atoms with Gasteiger partial charge in [0.2, 0.25) is 0 Å². The number of carbonyl (C=O) groups excluding carboxylic acids is 1. The maximum atomic E-state index is 11.4. The van der Waals surface area contributed by atoms with Gasteiger partial charge in [0.25, 0.3) is 0 Å². The van der Waals surface area contributed by atoms with Crippen LogP contribution in [-0.2, 0) is 9.53 Å². The lowest BCUT2D eigenvalue weighted by Crippen LogP contribution is -2.57. The molecule has 1 rings (SSSR count). The summed E-state index contributed by atoms with van der Waals surface area (Å²) in [5.74, 6) is -0.949. The number of aliphatic carboxylic acids is 1. The predicted octanol–water partition coefficient (Wildman–Crippen LogP) is 0.185. The summed E-state index contributed by atoms with van der Waals surface area (Å²) < 4.78 is 4.77. The van der Waals surface area contributed by atoms with Crippen LogP contribution in [0.5, 0.6) is 0 Å². The quantitative estimate of drug-likeness (QED) is 0.568. The van der Waals surface area contributed by atoms with E-state index in [0.29, 0.717) is 13.2 Å². The number of amides is 2. The van der Waals surface area contributed by atoms with Crippen LogP contribution < -0.4 is 10.6 Å². The standard InChI is InChI=1S/C10H18N2O4/c1-10(8(13)14,7-3-4-7)12-9(15)11-5-6-16-2/h7H,3-6H2,1-2H3,(H,13,14)(H2,11,12,15). The van der Waals surface area contributed by atoms with Crippen LogP contribution in [-0.4, -0.2) is 42.9 Å². The second kappa shape index (κ2) is 5.16. The van der Waals surface area contributed by atoms with Crippen molar-refractivity contribution in [3.8, 4) is 0 Å². The van der Waals surface area contributed by atoms with E-state index in [1.807, 2.05) is 0 Å². The van der Waals surface area contributed by atoms with Crippen molar-refractivity contribution in [3.05, 3.63) is 0 Å². The Balaban J connectivity index is 2.43. The van der Waals surface area contributed by atoms with E-state index in [-0.39, 0.29) is 5.92 Å². The van der Waals surface area contributed by atoms with Gasteiger partial charge in [-0.1, -0.05) is 0 Å². The lowest BCUT2D eigenvalue weighted by molar-refractivity contribution is -0.144. The molecule has 0 aromatic heterocycles. The smallest absolute Gasteiger partial charge is 0.329 e.